The maximum Gasteiger partial charge on any atom is 0.299 e. The molecule has 0 spiro atoms. The van der Waals surface area contributed by atoms with Gasteiger partial charge in [0.05, 0.1) is 0 Å². The van der Waals surface area contributed by atoms with Crippen LogP contribution >= 0.6 is 0 Å². The van der Waals surface area contributed by atoms with Crippen molar-refractivity contribution in [3.63, 3.8) is 0 Å². The Labute approximate surface area is 291 Å². The highest BCUT2D eigenvalue weighted by Crippen LogP contribution is 2.42. The standard InChI is InChI=1S/C39H30O12/c1-46-37(47-2)31(40)25-10-7-19(16-28(25)34(37)43)22-13-23(20-8-11-26-29(17-20)35(44)38(48-3,49-4)32(26)41)15-24(14-22)21-9-12-27-30(18-21)36(45)39(50-5,51-6)33(27)42/h7-18H,1-6H3. The van der Waals surface area contributed by atoms with Crippen LogP contribution in [0.15, 0.2) is 72.8 Å². The Kier molecular flexibility index (Phi) is 7.95. The van der Waals surface area contributed by atoms with Crippen molar-refractivity contribution < 1.29 is 57.2 Å². The molecule has 7 rings (SSSR count). The Morgan fingerprint density at radius 2 is 0.510 bits per heavy atom. The highest BCUT2D eigenvalue weighted by Gasteiger charge is 2.57. The second-order valence-electron chi connectivity index (χ2n) is 12.1. The molecule has 12 heteroatoms. The molecule has 4 aromatic rings. The lowest BCUT2D eigenvalue weighted by molar-refractivity contribution is -0.133. The Morgan fingerprint density at radius 1 is 0.294 bits per heavy atom. The molecule has 0 saturated carbocycles. The van der Waals surface area contributed by atoms with Crippen molar-refractivity contribution in [1.29, 1.82) is 0 Å². The first-order valence-electron chi connectivity index (χ1n) is 15.6. The molecule has 0 saturated heterocycles. The van der Waals surface area contributed by atoms with Crippen molar-refractivity contribution in [3.05, 3.63) is 106 Å². The fourth-order valence-electron chi connectivity index (χ4n) is 7.19. The topological polar surface area (TPSA) is 158 Å². The second-order valence-corrected chi connectivity index (χ2v) is 12.1. The number of carbonyl (C=O) groups excluding carboxylic acids is 6. The third kappa shape index (κ3) is 4.42. The van der Waals surface area contributed by atoms with Gasteiger partial charge in [0.25, 0.3) is 17.4 Å². The van der Waals surface area contributed by atoms with E-state index in [1.165, 1.54) is 60.9 Å². The normalized spacial score (nSPS) is 18.0. The molecule has 0 aromatic heterocycles. The lowest BCUT2D eigenvalue weighted by Gasteiger charge is -2.21. The first kappa shape index (κ1) is 34.1. The van der Waals surface area contributed by atoms with Gasteiger partial charge in [0.2, 0.25) is 34.7 Å². The number of carbonyl (C=O) groups is 6. The van der Waals surface area contributed by atoms with Crippen molar-refractivity contribution in [2.45, 2.75) is 17.4 Å². The summed E-state index contributed by atoms with van der Waals surface area (Å²) in [5.74, 6) is -10.0. The van der Waals surface area contributed by atoms with Crippen molar-refractivity contribution in [2.75, 3.05) is 42.7 Å². The summed E-state index contributed by atoms with van der Waals surface area (Å²) in [5, 5.41) is 0. The summed E-state index contributed by atoms with van der Waals surface area (Å²) in [5.41, 5.74) is 4.21. The van der Waals surface area contributed by atoms with E-state index in [4.69, 9.17) is 28.4 Å². The van der Waals surface area contributed by atoms with Crippen LogP contribution in [-0.4, -0.2) is 94.7 Å². The molecular weight excluding hydrogens is 660 g/mol. The molecule has 0 bridgehead atoms. The molecule has 258 valence electrons. The van der Waals surface area contributed by atoms with Crippen LogP contribution in [0.4, 0.5) is 0 Å². The summed E-state index contributed by atoms with van der Waals surface area (Å²) in [6.07, 6.45) is 0. The molecule has 51 heavy (non-hydrogen) atoms. The Balaban J connectivity index is 1.41. The number of Topliss-reactive ketones (excluding diaryl/α,β-unsaturated/α-hetero) is 6. The molecule has 0 unspecified atom stereocenters. The number of methoxy groups -OCH3 is 6. The molecule has 0 N–H and O–H groups in total. The smallest absolute Gasteiger partial charge is 0.299 e. The van der Waals surface area contributed by atoms with Crippen molar-refractivity contribution in [3.8, 4) is 33.4 Å². The molecule has 0 heterocycles. The molecule has 0 atom stereocenters. The third-order valence-electron chi connectivity index (χ3n) is 9.98. The molecule has 0 radical (unpaired) electrons. The first-order chi connectivity index (χ1) is 24.4. The highest BCUT2D eigenvalue weighted by atomic mass is 16.7. The first-order valence-corrected chi connectivity index (χ1v) is 15.6. The van der Waals surface area contributed by atoms with Crippen molar-refractivity contribution in [2.24, 2.45) is 0 Å². The van der Waals surface area contributed by atoms with Gasteiger partial charge in [-0.3, -0.25) is 28.8 Å². The summed E-state index contributed by atoms with van der Waals surface area (Å²) >= 11 is 0. The average Bonchev–Trinajstić information content (AvgIpc) is 3.62. The third-order valence-corrected chi connectivity index (χ3v) is 9.98. The van der Waals surface area contributed by atoms with E-state index in [1.807, 2.05) is 18.2 Å². The van der Waals surface area contributed by atoms with Gasteiger partial charge in [0.15, 0.2) is 0 Å². The quantitative estimate of drug-likeness (QED) is 0.175. The number of hydrogen-bond acceptors (Lipinski definition) is 12. The molecular formula is C39H30O12. The van der Waals surface area contributed by atoms with Crippen LogP contribution in [0.2, 0.25) is 0 Å². The summed E-state index contributed by atoms with van der Waals surface area (Å²) in [4.78, 5) is 79.9. The Hall–Kier alpha value is -5.34. The van der Waals surface area contributed by atoms with E-state index in [-0.39, 0.29) is 33.4 Å². The monoisotopic (exact) mass is 690 g/mol. The van der Waals surface area contributed by atoms with E-state index in [1.54, 1.807) is 36.4 Å². The van der Waals surface area contributed by atoms with Crippen LogP contribution < -0.4 is 0 Å². The number of fused-ring (bicyclic) bond motifs is 3. The average molecular weight is 691 g/mol. The largest absolute Gasteiger partial charge is 0.341 e. The predicted molar refractivity (Wildman–Crippen MR) is 179 cm³/mol. The van der Waals surface area contributed by atoms with E-state index in [2.05, 4.69) is 0 Å². The van der Waals surface area contributed by atoms with Crippen LogP contribution in [0, 0.1) is 0 Å². The summed E-state index contributed by atoms with van der Waals surface area (Å²) in [6, 6.07) is 19.8. The zero-order chi connectivity index (χ0) is 36.6. The van der Waals surface area contributed by atoms with E-state index in [9.17, 15) is 28.8 Å². The zero-order valence-electron chi connectivity index (χ0n) is 28.3. The zero-order valence-corrected chi connectivity index (χ0v) is 28.3. The van der Waals surface area contributed by atoms with Gasteiger partial charge in [-0.2, -0.15) is 0 Å². The maximum absolute atomic E-state index is 13.5. The fourth-order valence-corrected chi connectivity index (χ4v) is 7.19. The number of benzene rings is 4. The highest BCUT2D eigenvalue weighted by molar-refractivity contribution is 6.33. The van der Waals surface area contributed by atoms with Gasteiger partial charge in [-0.1, -0.05) is 18.2 Å². The van der Waals surface area contributed by atoms with Gasteiger partial charge in [-0.05, 0) is 88.0 Å². The lowest BCUT2D eigenvalue weighted by atomic mass is 9.90. The number of rotatable bonds is 9. The van der Waals surface area contributed by atoms with Gasteiger partial charge in [-0.25, -0.2) is 0 Å². The van der Waals surface area contributed by atoms with Gasteiger partial charge >= 0.3 is 0 Å². The van der Waals surface area contributed by atoms with E-state index >= 15 is 0 Å². The van der Waals surface area contributed by atoms with Crippen LogP contribution in [0.3, 0.4) is 0 Å². The van der Waals surface area contributed by atoms with Crippen LogP contribution in [0.5, 0.6) is 0 Å². The minimum absolute atomic E-state index is 0.113. The van der Waals surface area contributed by atoms with Gasteiger partial charge in [-0.15, -0.1) is 0 Å². The van der Waals surface area contributed by atoms with Gasteiger partial charge < -0.3 is 28.4 Å². The number of hydrogen-bond donors (Lipinski definition) is 0. The van der Waals surface area contributed by atoms with Crippen LogP contribution in [-0.2, 0) is 28.4 Å². The summed E-state index contributed by atoms with van der Waals surface area (Å²) in [7, 11) is 7.32. The molecule has 0 aliphatic heterocycles. The fraction of sp³-hybridized carbons (Fsp3) is 0.231. The van der Waals surface area contributed by atoms with E-state index in [0.29, 0.717) is 33.4 Å². The minimum Gasteiger partial charge on any atom is -0.341 e. The molecule has 12 nitrogen and oxygen atoms in total. The SMILES string of the molecule is COC1(OC)C(=O)c2ccc(-c3cc(-c4ccc5c(c4)C(=O)C(OC)(OC)C5=O)cc(-c4ccc5c(c4)C(=O)C(OC)(OC)C5=O)c3)cc2C1=O. The predicted octanol–water partition coefficient (Wildman–Crippen LogP) is 4.79. The summed E-state index contributed by atoms with van der Waals surface area (Å²) < 4.78 is 31.6. The number of ketones is 6. The lowest BCUT2D eigenvalue weighted by Crippen LogP contribution is -2.45. The van der Waals surface area contributed by atoms with Gasteiger partial charge in [0.1, 0.15) is 0 Å². The Bertz CT molecular complexity index is 1990. The van der Waals surface area contributed by atoms with Crippen LogP contribution in [0.25, 0.3) is 33.4 Å². The van der Waals surface area contributed by atoms with Gasteiger partial charge in [0, 0.05) is 76.0 Å². The van der Waals surface area contributed by atoms with Crippen molar-refractivity contribution in [1.82, 2.24) is 0 Å². The van der Waals surface area contributed by atoms with E-state index < -0.39 is 52.1 Å². The summed E-state index contributed by atoms with van der Waals surface area (Å²) in [6.45, 7) is 0. The molecule has 3 aliphatic carbocycles. The van der Waals surface area contributed by atoms with Crippen molar-refractivity contribution >= 4 is 34.7 Å². The Morgan fingerprint density at radius 3 is 0.725 bits per heavy atom. The molecule has 4 aromatic carbocycles. The minimum atomic E-state index is -2.09. The molecule has 0 fully saturated rings. The maximum atomic E-state index is 13.5. The molecule has 0 amide bonds. The van der Waals surface area contributed by atoms with E-state index in [0.717, 1.165) is 0 Å². The molecule has 3 aliphatic rings. The second kappa shape index (κ2) is 11.9. The number of ether oxygens (including phenoxy) is 6. The van der Waals surface area contributed by atoms with Crippen LogP contribution in [0.1, 0.15) is 62.1 Å².